The summed E-state index contributed by atoms with van der Waals surface area (Å²) < 4.78 is 0. The summed E-state index contributed by atoms with van der Waals surface area (Å²) in [7, 11) is 0. The number of aliphatic hydroxyl groups is 3. The predicted octanol–water partition coefficient (Wildman–Crippen LogP) is 6.46. The second kappa shape index (κ2) is 8.65. The maximum absolute atomic E-state index is 13.4. The van der Waals surface area contributed by atoms with Crippen LogP contribution in [0, 0.1) is 45.3 Å². The van der Waals surface area contributed by atoms with Crippen LogP contribution >= 0.6 is 0 Å². The molecule has 4 fully saturated rings. The molecule has 0 aliphatic heterocycles. The van der Waals surface area contributed by atoms with E-state index in [4.69, 9.17) is 0 Å². The molecular weight excluding hydrogens is 448 g/mol. The van der Waals surface area contributed by atoms with Gasteiger partial charge in [0.2, 0.25) is 0 Å². The zero-order valence-electron chi connectivity index (χ0n) is 24.6. The second-order valence-electron chi connectivity index (χ2n) is 15.3. The number of rotatable bonds is 5. The first-order valence-corrected chi connectivity index (χ1v) is 14.6. The summed E-state index contributed by atoms with van der Waals surface area (Å²) >= 11 is 0. The molecule has 4 rings (SSSR count). The van der Waals surface area contributed by atoms with E-state index in [-0.39, 0.29) is 51.3 Å². The smallest absolute Gasteiger partial charge is 0.161 e. The fourth-order valence-electron chi connectivity index (χ4n) is 10.7. The van der Waals surface area contributed by atoms with Crippen molar-refractivity contribution in [3.8, 4) is 0 Å². The minimum absolute atomic E-state index is 0.0201. The highest BCUT2D eigenvalue weighted by molar-refractivity contribution is 5.85. The van der Waals surface area contributed by atoms with Crippen molar-refractivity contribution in [2.75, 3.05) is 0 Å². The third-order valence-corrected chi connectivity index (χ3v) is 13.0. The summed E-state index contributed by atoms with van der Waals surface area (Å²) in [5, 5.41) is 35.2. The zero-order valence-corrected chi connectivity index (χ0v) is 24.6. The van der Waals surface area contributed by atoms with E-state index in [9.17, 15) is 20.1 Å². The van der Waals surface area contributed by atoms with Crippen molar-refractivity contribution in [3.63, 3.8) is 0 Å². The Morgan fingerprint density at radius 1 is 0.944 bits per heavy atom. The van der Waals surface area contributed by atoms with E-state index in [1.807, 2.05) is 6.92 Å². The molecule has 1 unspecified atom stereocenters. The first-order valence-electron chi connectivity index (χ1n) is 14.6. The molecule has 10 atom stereocenters. The van der Waals surface area contributed by atoms with Gasteiger partial charge in [0, 0.05) is 5.92 Å². The molecule has 4 nitrogen and oxygen atoms in total. The number of hydrogen-bond donors (Lipinski definition) is 3. The largest absolute Gasteiger partial charge is 0.393 e. The Kier molecular flexibility index (Phi) is 6.80. The Labute approximate surface area is 220 Å². The molecule has 3 N–H and O–H groups in total. The van der Waals surface area contributed by atoms with Crippen molar-refractivity contribution in [3.05, 3.63) is 11.6 Å². The van der Waals surface area contributed by atoms with Crippen molar-refractivity contribution in [1.82, 2.24) is 0 Å². The van der Waals surface area contributed by atoms with Gasteiger partial charge in [-0.25, -0.2) is 0 Å². The van der Waals surface area contributed by atoms with Crippen LogP contribution in [-0.4, -0.2) is 38.4 Å². The summed E-state index contributed by atoms with van der Waals surface area (Å²) in [6.45, 7) is 19.3. The van der Waals surface area contributed by atoms with Crippen LogP contribution in [0.5, 0.6) is 0 Å². The lowest BCUT2D eigenvalue weighted by Gasteiger charge is -2.72. The first kappa shape index (κ1) is 28.3. The SMILES string of the molecule is CC(=O)[C@@]1(O)C[C@@H]2[C@@]3(C)CC[C@@H](O)C(C)(C)C3CC[C@@]2(C)[C@@]2(C)CC[C@H]([C@@](C)(O)CCC=C(C)C)[C@@H]21. The van der Waals surface area contributed by atoms with Gasteiger partial charge in [0.05, 0.1) is 11.7 Å². The van der Waals surface area contributed by atoms with E-state index in [1.54, 1.807) is 6.92 Å². The van der Waals surface area contributed by atoms with Crippen LogP contribution in [0.2, 0.25) is 0 Å². The maximum atomic E-state index is 13.4. The third-order valence-electron chi connectivity index (χ3n) is 13.0. The molecule has 0 bridgehead atoms. The zero-order chi connectivity index (χ0) is 27.1. The van der Waals surface area contributed by atoms with E-state index in [1.165, 1.54) is 5.57 Å². The van der Waals surface area contributed by atoms with E-state index < -0.39 is 11.2 Å². The van der Waals surface area contributed by atoms with Crippen LogP contribution in [0.4, 0.5) is 0 Å². The minimum Gasteiger partial charge on any atom is -0.393 e. The normalized spacial score (nSPS) is 49.3. The van der Waals surface area contributed by atoms with Gasteiger partial charge in [-0.15, -0.1) is 0 Å². The fraction of sp³-hybridized carbons (Fsp3) is 0.906. The minimum atomic E-state index is -1.42. The van der Waals surface area contributed by atoms with Gasteiger partial charge in [0.1, 0.15) is 5.60 Å². The number of Topliss-reactive ketones (excluding diaryl/α,β-unsaturated/α-hetero) is 1. The van der Waals surface area contributed by atoms with Gasteiger partial charge < -0.3 is 15.3 Å². The lowest BCUT2D eigenvalue weighted by molar-refractivity contribution is -0.266. The summed E-state index contributed by atoms with van der Waals surface area (Å²) in [6.07, 6.45) is 9.48. The van der Waals surface area contributed by atoms with Crippen molar-refractivity contribution in [2.24, 2.45) is 45.3 Å². The molecule has 4 aliphatic carbocycles. The summed E-state index contributed by atoms with van der Waals surface area (Å²) in [5.41, 5.74) is -1.56. The van der Waals surface area contributed by atoms with E-state index in [0.29, 0.717) is 18.8 Å². The molecule has 0 aromatic heterocycles. The molecule has 0 saturated heterocycles. The van der Waals surface area contributed by atoms with E-state index in [0.717, 1.165) is 44.9 Å². The molecule has 206 valence electrons. The lowest BCUT2D eigenvalue weighted by Crippen LogP contribution is -2.71. The van der Waals surface area contributed by atoms with Gasteiger partial charge in [0.25, 0.3) is 0 Å². The molecule has 0 heterocycles. The van der Waals surface area contributed by atoms with Crippen molar-refractivity contribution in [2.45, 2.75) is 137 Å². The summed E-state index contributed by atoms with van der Waals surface area (Å²) in [6, 6.07) is 0. The van der Waals surface area contributed by atoms with Crippen molar-refractivity contribution in [1.29, 1.82) is 0 Å². The molecule has 4 heteroatoms. The Bertz CT molecular complexity index is 915. The van der Waals surface area contributed by atoms with Gasteiger partial charge in [-0.3, -0.25) is 4.79 Å². The maximum Gasteiger partial charge on any atom is 0.161 e. The number of fused-ring (bicyclic) bond motifs is 5. The van der Waals surface area contributed by atoms with Crippen LogP contribution in [0.1, 0.15) is 120 Å². The number of hydrogen-bond acceptors (Lipinski definition) is 4. The Hall–Kier alpha value is -0.710. The quantitative estimate of drug-likeness (QED) is 0.377. The average molecular weight is 503 g/mol. The summed E-state index contributed by atoms with van der Waals surface area (Å²) in [5.74, 6) is 0.101. The van der Waals surface area contributed by atoms with Gasteiger partial charge in [-0.1, -0.05) is 46.3 Å². The highest BCUT2D eigenvalue weighted by Crippen LogP contribution is 2.77. The molecule has 0 spiro atoms. The van der Waals surface area contributed by atoms with Gasteiger partial charge in [0.15, 0.2) is 5.78 Å². The monoisotopic (exact) mass is 502 g/mol. The van der Waals surface area contributed by atoms with Gasteiger partial charge in [-0.2, -0.15) is 0 Å². The van der Waals surface area contributed by atoms with Crippen molar-refractivity contribution < 1.29 is 20.1 Å². The van der Waals surface area contributed by atoms with Gasteiger partial charge in [-0.05, 0) is 125 Å². The fourth-order valence-corrected chi connectivity index (χ4v) is 10.7. The molecule has 4 saturated carbocycles. The van der Waals surface area contributed by atoms with Crippen LogP contribution < -0.4 is 0 Å². The van der Waals surface area contributed by atoms with Crippen LogP contribution in [0.15, 0.2) is 11.6 Å². The first-order chi connectivity index (χ1) is 16.4. The predicted molar refractivity (Wildman–Crippen MR) is 145 cm³/mol. The molecule has 0 radical (unpaired) electrons. The second-order valence-corrected chi connectivity index (χ2v) is 15.3. The molecule has 0 aromatic carbocycles. The van der Waals surface area contributed by atoms with E-state index >= 15 is 0 Å². The molecule has 0 amide bonds. The highest BCUT2D eigenvalue weighted by atomic mass is 16.3. The molecule has 0 aromatic rings. The highest BCUT2D eigenvalue weighted by Gasteiger charge is 2.75. The number of carbonyl (C=O) groups is 1. The lowest BCUT2D eigenvalue weighted by atomic mass is 9.33. The van der Waals surface area contributed by atoms with Crippen LogP contribution in [0.3, 0.4) is 0 Å². The standard InChI is InChI=1S/C32H54O4/c1-20(2)11-10-15-31(9,35)22-12-17-30(8)26(22)32(36,21(3)33)19-24-28(6)16-14-25(34)27(4,5)23(28)13-18-29(24,30)7/h11,22-26,34-36H,10,12-19H2,1-9H3/t22-,23?,24+,25+,26-,28-,29+,30-,31-,32-/m0/s1. The molecule has 4 aliphatic rings. The topological polar surface area (TPSA) is 77.8 Å². The van der Waals surface area contributed by atoms with Crippen LogP contribution in [-0.2, 0) is 4.79 Å². The Balaban J connectivity index is 1.79. The molecule has 36 heavy (non-hydrogen) atoms. The number of carbonyl (C=O) groups excluding carboxylic acids is 1. The molecular formula is C32H54O4. The third kappa shape index (κ3) is 3.74. The average Bonchev–Trinajstić information content (AvgIpc) is 3.14. The Morgan fingerprint density at radius 3 is 2.14 bits per heavy atom. The number of allylic oxidation sites excluding steroid dienone is 2. The van der Waals surface area contributed by atoms with Crippen molar-refractivity contribution >= 4 is 5.78 Å². The summed E-state index contributed by atoms with van der Waals surface area (Å²) in [4.78, 5) is 13.4. The van der Waals surface area contributed by atoms with E-state index in [2.05, 4.69) is 54.5 Å². The number of ketones is 1. The Morgan fingerprint density at radius 2 is 1.56 bits per heavy atom. The van der Waals surface area contributed by atoms with Gasteiger partial charge >= 0.3 is 0 Å². The van der Waals surface area contributed by atoms with Crippen LogP contribution in [0.25, 0.3) is 0 Å². The number of aliphatic hydroxyl groups excluding tert-OH is 1.